The maximum Gasteiger partial charge on any atom is 0.407 e. The Morgan fingerprint density at radius 3 is 2.26 bits per heavy atom. The summed E-state index contributed by atoms with van der Waals surface area (Å²) < 4.78 is 5.55. The van der Waals surface area contributed by atoms with Crippen LogP contribution in [0.1, 0.15) is 49.1 Å². The maximum absolute atomic E-state index is 12.7. The van der Waals surface area contributed by atoms with E-state index >= 15 is 0 Å². The fourth-order valence-corrected chi connectivity index (χ4v) is 4.68. The van der Waals surface area contributed by atoms with Gasteiger partial charge in [0.2, 0.25) is 5.91 Å². The van der Waals surface area contributed by atoms with Crippen LogP contribution < -0.4 is 10.6 Å². The van der Waals surface area contributed by atoms with Crippen LogP contribution in [0.2, 0.25) is 0 Å². The smallest absolute Gasteiger partial charge is 0.407 e. The van der Waals surface area contributed by atoms with Crippen molar-refractivity contribution >= 4 is 18.0 Å². The van der Waals surface area contributed by atoms with Crippen LogP contribution in [0.5, 0.6) is 0 Å². The molecule has 8 heteroatoms. The molecule has 2 aliphatic carbocycles. The number of carboxylic acid groups (broad SMARTS) is 1. The Morgan fingerprint density at radius 2 is 1.68 bits per heavy atom. The quantitative estimate of drug-likeness (QED) is 0.490. The third-order valence-electron chi connectivity index (χ3n) is 6.57. The Morgan fingerprint density at radius 1 is 1.06 bits per heavy atom. The number of hydrogen-bond donors (Lipinski definition) is 3. The van der Waals surface area contributed by atoms with Crippen molar-refractivity contribution in [2.24, 2.45) is 5.92 Å². The molecule has 1 atom stereocenters. The number of hydrogen-bond acceptors (Lipinski definition) is 5. The molecule has 0 aliphatic heterocycles. The second-order valence-electron chi connectivity index (χ2n) is 8.78. The Balaban J connectivity index is 1.36. The topological polar surface area (TPSA) is 129 Å². The van der Waals surface area contributed by atoms with E-state index in [0.717, 1.165) is 22.3 Å². The summed E-state index contributed by atoms with van der Waals surface area (Å²) in [4.78, 5) is 36.3. The van der Waals surface area contributed by atoms with Gasteiger partial charge in [-0.15, -0.1) is 0 Å². The van der Waals surface area contributed by atoms with Gasteiger partial charge in [-0.05, 0) is 47.9 Å². The van der Waals surface area contributed by atoms with Gasteiger partial charge in [0, 0.05) is 18.4 Å². The van der Waals surface area contributed by atoms with Crippen molar-refractivity contribution in [1.29, 1.82) is 5.26 Å². The van der Waals surface area contributed by atoms with Gasteiger partial charge in [-0.2, -0.15) is 5.26 Å². The molecule has 34 heavy (non-hydrogen) atoms. The third-order valence-corrected chi connectivity index (χ3v) is 6.57. The van der Waals surface area contributed by atoms with E-state index in [1.54, 1.807) is 0 Å². The first-order valence-electron chi connectivity index (χ1n) is 11.5. The van der Waals surface area contributed by atoms with Crippen molar-refractivity contribution in [2.45, 2.75) is 50.1 Å². The largest absolute Gasteiger partial charge is 0.481 e. The lowest BCUT2D eigenvalue weighted by atomic mass is 9.80. The zero-order valence-electron chi connectivity index (χ0n) is 18.7. The molecule has 1 unspecified atom stereocenters. The number of fused-ring (bicyclic) bond motifs is 3. The molecule has 0 saturated heterocycles. The number of benzene rings is 2. The minimum Gasteiger partial charge on any atom is -0.481 e. The molecule has 0 bridgehead atoms. The van der Waals surface area contributed by atoms with Crippen LogP contribution in [0.3, 0.4) is 0 Å². The molecule has 1 saturated carbocycles. The van der Waals surface area contributed by atoms with Crippen molar-refractivity contribution in [1.82, 2.24) is 10.6 Å². The lowest BCUT2D eigenvalue weighted by Crippen LogP contribution is -2.53. The van der Waals surface area contributed by atoms with E-state index in [4.69, 9.17) is 15.1 Å². The first-order chi connectivity index (χ1) is 16.5. The van der Waals surface area contributed by atoms with Gasteiger partial charge in [0.15, 0.2) is 0 Å². The number of unbranched alkanes of at least 4 members (excludes halogenated alkanes) is 1. The highest BCUT2D eigenvalue weighted by molar-refractivity contribution is 5.86. The average molecular weight is 462 g/mol. The number of carboxylic acids is 1. The standard InChI is InChI=1S/C26H27N3O5/c27-12-6-5-11-23(24(30)28-17-13-16(14-17)25(31)32)29-26(33)34-15-22-20-9-3-1-7-18(20)19-8-2-4-10-21(19)22/h1-4,7-10,16-17,22-23H,5-6,11,13-15H2,(H,28,30)(H,29,33)(H,31,32). The maximum atomic E-state index is 12.7. The number of nitrogens with zero attached hydrogens (tertiary/aromatic N) is 1. The van der Waals surface area contributed by atoms with Crippen LogP contribution in [0.15, 0.2) is 48.5 Å². The van der Waals surface area contributed by atoms with Gasteiger partial charge in [-0.25, -0.2) is 4.79 Å². The van der Waals surface area contributed by atoms with Crippen LogP contribution in [-0.4, -0.2) is 41.8 Å². The van der Waals surface area contributed by atoms with Crippen LogP contribution in [0, 0.1) is 17.2 Å². The molecular weight excluding hydrogens is 434 g/mol. The first-order valence-corrected chi connectivity index (χ1v) is 11.5. The van der Waals surface area contributed by atoms with Gasteiger partial charge in [0.1, 0.15) is 12.6 Å². The summed E-state index contributed by atoms with van der Waals surface area (Å²) in [5, 5.41) is 23.3. The van der Waals surface area contributed by atoms with Crippen molar-refractivity contribution in [2.75, 3.05) is 6.61 Å². The number of nitrogens with one attached hydrogen (secondary N) is 2. The number of ether oxygens (including phenoxy) is 1. The third kappa shape index (κ3) is 5.04. The number of alkyl carbamates (subject to hydrolysis) is 1. The molecule has 2 aromatic carbocycles. The molecule has 2 amide bonds. The zero-order valence-corrected chi connectivity index (χ0v) is 18.7. The summed E-state index contributed by atoms with van der Waals surface area (Å²) in [5.41, 5.74) is 4.44. The molecule has 2 aromatic rings. The molecule has 1 fully saturated rings. The SMILES string of the molecule is N#CCCCC(NC(=O)OCC1c2ccccc2-c2ccccc21)C(=O)NC1CC(C(=O)O)C1. The van der Waals surface area contributed by atoms with Gasteiger partial charge >= 0.3 is 12.1 Å². The van der Waals surface area contributed by atoms with Crippen molar-refractivity contribution < 1.29 is 24.2 Å². The summed E-state index contributed by atoms with van der Waals surface area (Å²) in [6.07, 6.45) is 1.05. The van der Waals surface area contributed by atoms with Crippen molar-refractivity contribution in [3.8, 4) is 17.2 Å². The summed E-state index contributed by atoms with van der Waals surface area (Å²) in [7, 11) is 0. The highest BCUT2D eigenvalue weighted by Gasteiger charge is 2.36. The molecule has 3 N–H and O–H groups in total. The molecule has 0 spiro atoms. The predicted molar refractivity (Wildman–Crippen MR) is 124 cm³/mol. The van der Waals surface area contributed by atoms with Crippen LogP contribution in [0.4, 0.5) is 4.79 Å². The number of amides is 2. The molecule has 2 aliphatic rings. The van der Waals surface area contributed by atoms with E-state index in [1.807, 2.05) is 42.5 Å². The fraction of sp³-hybridized carbons (Fsp3) is 0.385. The Bertz CT molecular complexity index is 1070. The molecule has 176 valence electrons. The van der Waals surface area contributed by atoms with E-state index in [9.17, 15) is 14.4 Å². The summed E-state index contributed by atoms with van der Waals surface area (Å²) >= 11 is 0. The zero-order chi connectivity index (χ0) is 24.1. The summed E-state index contributed by atoms with van der Waals surface area (Å²) in [5.74, 6) is -1.79. The lowest BCUT2D eigenvalue weighted by Gasteiger charge is -2.34. The van der Waals surface area contributed by atoms with Gasteiger partial charge in [0.25, 0.3) is 0 Å². The predicted octanol–water partition coefficient (Wildman–Crippen LogP) is 3.57. The van der Waals surface area contributed by atoms with E-state index < -0.39 is 24.0 Å². The molecule has 0 aromatic heterocycles. The summed E-state index contributed by atoms with van der Waals surface area (Å²) in [6.45, 7) is 0.134. The summed E-state index contributed by atoms with van der Waals surface area (Å²) in [6, 6.07) is 17.0. The normalized spacial score (nSPS) is 19.0. The highest BCUT2D eigenvalue weighted by atomic mass is 16.5. The van der Waals surface area contributed by atoms with Crippen LogP contribution in [-0.2, 0) is 14.3 Å². The second-order valence-corrected chi connectivity index (χ2v) is 8.78. The molecule has 4 rings (SSSR count). The first kappa shape index (κ1) is 23.3. The van der Waals surface area contributed by atoms with E-state index in [2.05, 4.69) is 22.8 Å². The van der Waals surface area contributed by atoms with E-state index in [0.29, 0.717) is 25.7 Å². The lowest BCUT2D eigenvalue weighted by molar-refractivity contribution is -0.146. The van der Waals surface area contributed by atoms with Crippen molar-refractivity contribution in [3.63, 3.8) is 0 Å². The van der Waals surface area contributed by atoms with Crippen LogP contribution >= 0.6 is 0 Å². The van der Waals surface area contributed by atoms with E-state index in [1.165, 1.54) is 0 Å². The second kappa shape index (κ2) is 10.4. The van der Waals surface area contributed by atoms with Gasteiger partial charge in [-0.1, -0.05) is 48.5 Å². The minimum atomic E-state index is -0.868. The Labute approximate surface area is 197 Å². The van der Waals surface area contributed by atoms with E-state index in [-0.39, 0.29) is 30.9 Å². The van der Waals surface area contributed by atoms with Crippen LogP contribution in [0.25, 0.3) is 11.1 Å². The van der Waals surface area contributed by atoms with Gasteiger partial charge < -0.3 is 20.5 Å². The van der Waals surface area contributed by atoms with Gasteiger partial charge in [0.05, 0.1) is 12.0 Å². The average Bonchev–Trinajstić information content (AvgIpc) is 3.12. The number of carbonyl (C=O) groups excluding carboxylic acids is 2. The molecular formula is C26H27N3O5. The van der Waals surface area contributed by atoms with Crippen molar-refractivity contribution in [3.05, 3.63) is 59.7 Å². The minimum absolute atomic E-state index is 0.0908. The number of carbonyl (C=O) groups is 3. The highest BCUT2D eigenvalue weighted by Crippen LogP contribution is 2.44. The van der Waals surface area contributed by atoms with Gasteiger partial charge in [-0.3, -0.25) is 9.59 Å². The number of aliphatic carboxylic acids is 1. The Hall–Kier alpha value is -3.86. The monoisotopic (exact) mass is 461 g/mol. The number of nitriles is 1. The molecule has 0 radical (unpaired) electrons. The molecule has 8 nitrogen and oxygen atoms in total. The number of rotatable bonds is 9. The Kier molecular flexibility index (Phi) is 7.12. The molecule has 0 heterocycles. The fourth-order valence-electron chi connectivity index (χ4n) is 4.68.